The number of nitrogen functional groups attached to an aromatic ring is 1. The van der Waals surface area contributed by atoms with Crippen LogP contribution in [0.1, 0.15) is 15.9 Å². The average Bonchev–Trinajstić information content (AvgIpc) is 2.41. The van der Waals surface area contributed by atoms with Gasteiger partial charge in [-0.25, -0.2) is 0 Å². The van der Waals surface area contributed by atoms with Gasteiger partial charge in [-0.2, -0.15) is 0 Å². The number of ether oxygens (including phenoxy) is 1. The van der Waals surface area contributed by atoms with Crippen LogP contribution in [-0.4, -0.2) is 12.9 Å². The number of ketones is 1. The lowest BCUT2D eigenvalue weighted by Crippen LogP contribution is -2.06. The number of methoxy groups -OCH3 is 1. The van der Waals surface area contributed by atoms with Crippen LogP contribution in [0.25, 0.3) is 0 Å². The van der Waals surface area contributed by atoms with E-state index in [9.17, 15) is 4.79 Å². The third-order valence-corrected chi connectivity index (χ3v) is 3.36. The van der Waals surface area contributed by atoms with Crippen LogP contribution in [0.5, 0.6) is 5.75 Å². The molecule has 0 saturated heterocycles. The maximum atomic E-state index is 12.4. The zero-order chi connectivity index (χ0) is 14.0. The minimum atomic E-state index is -0.271. The van der Waals surface area contributed by atoms with Crippen LogP contribution in [0.3, 0.4) is 0 Å². The molecule has 3 nitrogen and oxygen atoms in total. The largest absolute Gasteiger partial charge is 0.497 e. The Morgan fingerprint density at radius 2 is 1.84 bits per heavy atom. The molecule has 0 aromatic heterocycles. The molecular formula is C14H11Cl2NO2. The van der Waals surface area contributed by atoms with Crippen molar-refractivity contribution in [2.45, 2.75) is 0 Å². The van der Waals surface area contributed by atoms with Crippen LogP contribution in [0.2, 0.25) is 10.0 Å². The van der Waals surface area contributed by atoms with Gasteiger partial charge in [0.25, 0.3) is 0 Å². The van der Waals surface area contributed by atoms with E-state index in [0.717, 1.165) is 0 Å². The van der Waals surface area contributed by atoms with Crippen molar-refractivity contribution in [2.75, 3.05) is 12.8 Å². The first-order chi connectivity index (χ1) is 9.04. The topological polar surface area (TPSA) is 52.3 Å². The Hall–Kier alpha value is -1.71. The quantitative estimate of drug-likeness (QED) is 0.692. The fraction of sp³-hybridized carbons (Fsp3) is 0.0714. The van der Waals surface area contributed by atoms with E-state index in [1.165, 1.54) is 7.11 Å². The standard InChI is InChI=1S/C14H11Cl2NO2/c1-19-8-5-6-9(12(16)7-8)14(18)10-3-2-4-11(15)13(10)17/h2-7H,17H2,1H3. The Kier molecular flexibility index (Phi) is 3.98. The van der Waals surface area contributed by atoms with Gasteiger partial charge in [0.05, 0.1) is 22.8 Å². The van der Waals surface area contributed by atoms with Crippen molar-refractivity contribution in [3.8, 4) is 5.75 Å². The van der Waals surface area contributed by atoms with Crippen molar-refractivity contribution < 1.29 is 9.53 Å². The second kappa shape index (κ2) is 5.51. The maximum Gasteiger partial charge on any atom is 0.196 e. The maximum absolute atomic E-state index is 12.4. The van der Waals surface area contributed by atoms with Gasteiger partial charge in [0.2, 0.25) is 0 Å². The summed E-state index contributed by atoms with van der Waals surface area (Å²) in [7, 11) is 1.53. The van der Waals surface area contributed by atoms with E-state index in [0.29, 0.717) is 26.9 Å². The second-order valence-electron chi connectivity index (χ2n) is 3.88. The minimum absolute atomic E-state index is 0.251. The van der Waals surface area contributed by atoms with Gasteiger partial charge in [0, 0.05) is 11.1 Å². The van der Waals surface area contributed by atoms with Crippen LogP contribution < -0.4 is 10.5 Å². The smallest absolute Gasteiger partial charge is 0.196 e. The van der Waals surface area contributed by atoms with Gasteiger partial charge < -0.3 is 10.5 Å². The number of carbonyl (C=O) groups excluding carboxylic acids is 1. The highest BCUT2D eigenvalue weighted by molar-refractivity contribution is 6.37. The lowest BCUT2D eigenvalue weighted by Gasteiger charge is -2.08. The molecule has 0 atom stereocenters. The van der Waals surface area contributed by atoms with Crippen LogP contribution in [0, 0.1) is 0 Å². The van der Waals surface area contributed by atoms with Crippen LogP contribution >= 0.6 is 23.2 Å². The molecule has 2 aromatic rings. The molecule has 0 radical (unpaired) electrons. The molecule has 19 heavy (non-hydrogen) atoms. The number of benzene rings is 2. The van der Waals surface area contributed by atoms with Crippen LogP contribution in [-0.2, 0) is 0 Å². The molecule has 5 heteroatoms. The van der Waals surface area contributed by atoms with Gasteiger partial charge >= 0.3 is 0 Å². The first kappa shape index (κ1) is 13.7. The summed E-state index contributed by atoms with van der Waals surface area (Å²) in [4.78, 5) is 12.4. The number of para-hydroxylation sites is 1. The Morgan fingerprint density at radius 1 is 1.11 bits per heavy atom. The predicted octanol–water partition coefficient (Wildman–Crippen LogP) is 3.82. The SMILES string of the molecule is COc1ccc(C(=O)c2cccc(Cl)c2N)c(Cl)c1. The molecule has 0 fully saturated rings. The fourth-order valence-electron chi connectivity index (χ4n) is 1.69. The first-order valence-electron chi connectivity index (χ1n) is 5.47. The van der Waals surface area contributed by atoms with Gasteiger partial charge in [0.15, 0.2) is 5.78 Å². The molecule has 98 valence electrons. The van der Waals surface area contributed by atoms with Gasteiger partial charge in [-0.1, -0.05) is 29.3 Å². The van der Waals surface area contributed by atoms with Crippen molar-refractivity contribution in [1.82, 2.24) is 0 Å². The van der Waals surface area contributed by atoms with Gasteiger partial charge in [0.1, 0.15) is 5.75 Å². The Labute approximate surface area is 120 Å². The average molecular weight is 296 g/mol. The number of nitrogens with two attached hydrogens (primary N) is 1. The van der Waals surface area contributed by atoms with Crippen LogP contribution in [0.4, 0.5) is 5.69 Å². The molecule has 0 unspecified atom stereocenters. The summed E-state index contributed by atoms with van der Waals surface area (Å²) >= 11 is 12.0. The molecule has 2 rings (SSSR count). The molecule has 0 spiro atoms. The minimum Gasteiger partial charge on any atom is -0.497 e. The molecule has 0 aliphatic rings. The second-order valence-corrected chi connectivity index (χ2v) is 4.69. The highest BCUT2D eigenvalue weighted by Crippen LogP contribution is 2.29. The molecule has 0 saturated carbocycles. The third kappa shape index (κ3) is 2.67. The lowest BCUT2D eigenvalue weighted by atomic mass is 10.0. The highest BCUT2D eigenvalue weighted by Gasteiger charge is 2.17. The molecule has 0 bridgehead atoms. The summed E-state index contributed by atoms with van der Waals surface area (Å²) in [6, 6.07) is 9.76. The van der Waals surface area contributed by atoms with Crippen molar-refractivity contribution in [3.63, 3.8) is 0 Å². The Balaban J connectivity index is 2.47. The molecule has 2 aromatic carbocycles. The van der Waals surface area contributed by atoms with Crippen molar-refractivity contribution in [1.29, 1.82) is 0 Å². The first-order valence-corrected chi connectivity index (χ1v) is 6.22. The fourth-order valence-corrected chi connectivity index (χ4v) is 2.12. The normalized spacial score (nSPS) is 10.3. The summed E-state index contributed by atoms with van der Waals surface area (Å²) < 4.78 is 5.04. The highest BCUT2D eigenvalue weighted by atomic mass is 35.5. The van der Waals surface area contributed by atoms with Gasteiger partial charge in [-0.3, -0.25) is 4.79 Å². The number of rotatable bonds is 3. The Bertz CT molecular complexity index is 641. The van der Waals surface area contributed by atoms with Crippen LogP contribution in [0.15, 0.2) is 36.4 Å². The monoisotopic (exact) mass is 295 g/mol. The van der Waals surface area contributed by atoms with E-state index < -0.39 is 0 Å². The van der Waals surface area contributed by atoms with E-state index in [1.54, 1.807) is 36.4 Å². The summed E-state index contributed by atoms with van der Waals surface area (Å²) in [5.41, 5.74) is 6.75. The summed E-state index contributed by atoms with van der Waals surface area (Å²) in [5.74, 6) is 0.313. The van der Waals surface area contributed by atoms with E-state index >= 15 is 0 Å². The van der Waals surface area contributed by atoms with Gasteiger partial charge in [-0.15, -0.1) is 0 Å². The van der Waals surface area contributed by atoms with E-state index in [2.05, 4.69) is 0 Å². The van der Waals surface area contributed by atoms with E-state index in [1.807, 2.05) is 0 Å². The van der Waals surface area contributed by atoms with Crippen molar-refractivity contribution in [2.24, 2.45) is 0 Å². The number of carbonyl (C=O) groups is 1. The number of anilines is 1. The predicted molar refractivity (Wildman–Crippen MR) is 77.3 cm³/mol. The summed E-state index contributed by atoms with van der Waals surface area (Å²) in [6.07, 6.45) is 0. The molecule has 2 N–H and O–H groups in total. The van der Waals surface area contributed by atoms with E-state index in [-0.39, 0.29) is 11.5 Å². The van der Waals surface area contributed by atoms with Crippen molar-refractivity contribution >= 4 is 34.7 Å². The zero-order valence-corrected chi connectivity index (χ0v) is 11.6. The summed E-state index contributed by atoms with van der Waals surface area (Å²) in [6.45, 7) is 0. The molecular weight excluding hydrogens is 285 g/mol. The third-order valence-electron chi connectivity index (χ3n) is 2.72. The van der Waals surface area contributed by atoms with Gasteiger partial charge in [-0.05, 0) is 30.3 Å². The number of hydrogen-bond acceptors (Lipinski definition) is 3. The molecule has 0 amide bonds. The summed E-state index contributed by atoms with van der Waals surface area (Å²) in [5, 5.41) is 0.652. The number of hydrogen-bond donors (Lipinski definition) is 1. The molecule has 0 aliphatic heterocycles. The molecule has 0 aliphatic carbocycles. The molecule has 0 heterocycles. The number of halogens is 2. The Morgan fingerprint density at radius 3 is 2.47 bits per heavy atom. The van der Waals surface area contributed by atoms with Crippen molar-refractivity contribution in [3.05, 3.63) is 57.6 Å². The van der Waals surface area contributed by atoms with E-state index in [4.69, 9.17) is 33.7 Å². The lowest BCUT2D eigenvalue weighted by molar-refractivity contribution is 0.103. The zero-order valence-electron chi connectivity index (χ0n) is 10.1.